The maximum absolute atomic E-state index is 11.3. The molecule has 0 amide bonds. The summed E-state index contributed by atoms with van der Waals surface area (Å²) < 4.78 is 5.06. The van der Waals surface area contributed by atoms with Gasteiger partial charge in [-0.1, -0.05) is 20.3 Å². The summed E-state index contributed by atoms with van der Waals surface area (Å²) in [6.07, 6.45) is 2.02. The van der Waals surface area contributed by atoms with Gasteiger partial charge < -0.3 is 4.74 Å². The van der Waals surface area contributed by atoms with Gasteiger partial charge in [-0.3, -0.25) is 4.79 Å². The summed E-state index contributed by atoms with van der Waals surface area (Å²) in [6, 6.07) is 0. The summed E-state index contributed by atoms with van der Waals surface area (Å²) in [6.45, 7) is 5.39. The second-order valence-electron chi connectivity index (χ2n) is 3.30. The molecule has 2 heteroatoms. The summed E-state index contributed by atoms with van der Waals surface area (Å²) >= 11 is 0. The van der Waals surface area contributed by atoms with Crippen LogP contribution in [0.15, 0.2) is 0 Å². The van der Waals surface area contributed by atoms with E-state index in [4.69, 9.17) is 4.74 Å². The van der Waals surface area contributed by atoms with E-state index in [2.05, 4.69) is 13.8 Å². The first-order valence-corrected chi connectivity index (χ1v) is 4.36. The molecule has 1 fully saturated rings. The van der Waals surface area contributed by atoms with Gasteiger partial charge in [0, 0.05) is 12.5 Å². The molecule has 2 atom stereocenters. The van der Waals surface area contributed by atoms with Crippen LogP contribution in [0.5, 0.6) is 0 Å². The van der Waals surface area contributed by atoms with Gasteiger partial charge in [0.2, 0.25) is 0 Å². The van der Waals surface area contributed by atoms with Crippen molar-refractivity contribution in [2.24, 2.45) is 11.8 Å². The van der Waals surface area contributed by atoms with Crippen LogP contribution in [-0.4, -0.2) is 19.0 Å². The fourth-order valence-corrected chi connectivity index (χ4v) is 1.54. The summed E-state index contributed by atoms with van der Waals surface area (Å²) in [5.41, 5.74) is 0. The number of hydrogen-bond acceptors (Lipinski definition) is 2. The van der Waals surface area contributed by atoms with Gasteiger partial charge in [0.25, 0.3) is 0 Å². The van der Waals surface area contributed by atoms with E-state index >= 15 is 0 Å². The lowest BCUT2D eigenvalue weighted by atomic mass is 9.85. The molecule has 0 aromatic heterocycles. The van der Waals surface area contributed by atoms with E-state index in [0.717, 1.165) is 19.4 Å². The SMILES string of the molecule is CCC(C)C1CCOCC1=O. The molecule has 0 aromatic carbocycles. The van der Waals surface area contributed by atoms with Crippen molar-refractivity contribution in [2.75, 3.05) is 13.2 Å². The van der Waals surface area contributed by atoms with Gasteiger partial charge in [0.15, 0.2) is 5.78 Å². The number of rotatable bonds is 2. The molecule has 1 aliphatic heterocycles. The van der Waals surface area contributed by atoms with Crippen molar-refractivity contribution in [1.82, 2.24) is 0 Å². The Labute approximate surface area is 67.9 Å². The molecule has 2 unspecified atom stereocenters. The first-order chi connectivity index (χ1) is 5.25. The second-order valence-corrected chi connectivity index (χ2v) is 3.30. The quantitative estimate of drug-likeness (QED) is 0.607. The largest absolute Gasteiger partial charge is 0.374 e. The Balaban J connectivity index is 2.47. The number of Topliss-reactive ketones (excluding diaryl/α,β-unsaturated/α-hetero) is 1. The molecule has 1 heterocycles. The first kappa shape index (κ1) is 8.72. The van der Waals surface area contributed by atoms with Gasteiger partial charge >= 0.3 is 0 Å². The molecule has 1 saturated heterocycles. The van der Waals surface area contributed by atoms with Gasteiger partial charge in [-0.25, -0.2) is 0 Å². The minimum atomic E-state index is 0.272. The molecule has 0 radical (unpaired) electrons. The van der Waals surface area contributed by atoms with Crippen LogP contribution >= 0.6 is 0 Å². The third kappa shape index (κ3) is 2.03. The first-order valence-electron chi connectivity index (χ1n) is 4.36. The molecule has 0 aliphatic carbocycles. The summed E-state index contributed by atoms with van der Waals surface area (Å²) in [5.74, 6) is 1.10. The average molecular weight is 156 g/mol. The van der Waals surface area contributed by atoms with Crippen LogP contribution in [0.3, 0.4) is 0 Å². The zero-order valence-corrected chi connectivity index (χ0v) is 7.30. The number of ether oxygens (including phenoxy) is 1. The van der Waals surface area contributed by atoms with Crippen LogP contribution in [0.1, 0.15) is 26.7 Å². The minimum Gasteiger partial charge on any atom is -0.374 e. The monoisotopic (exact) mass is 156 g/mol. The molecule has 1 rings (SSSR count). The van der Waals surface area contributed by atoms with Crippen molar-refractivity contribution in [2.45, 2.75) is 26.7 Å². The standard InChI is InChI=1S/C9H16O2/c1-3-7(2)8-4-5-11-6-9(8)10/h7-8H,3-6H2,1-2H3. The van der Waals surface area contributed by atoms with Crippen molar-refractivity contribution >= 4 is 5.78 Å². The highest BCUT2D eigenvalue weighted by Gasteiger charge is 2.26. The zero-order chi connectivity index (χ0) is 8.27. The zero-order valence-electron chi connectivity index (χ0n) is 7.30. The normalized spacial score (nSPS) is 28.5. The third-order valence-electron chi connectivity index (χ3n) is 2.56. The van der Waals surface area contributed by atoms with E-state index in [1.54, 1.807) is 0 Å². The minimum absolute atomic E-state index is 0.272. The van der Waals surface area contributed by atoms with Crippen LogP contribution in [0.4, 0.5) is 0 Å². The van der Waals surface area contributed by atoms with E-state index in [9.17, 15) is 4.79 Å². The van der Waals surface area contributed by atoms with Gasteiger partial charge in [-0.2, -0.15) is 0 Å². The number of carbonyl (C=O) groups excluding carboxylic acids is 1. The average Bonchev–Trinajstić information content (AvgIpc) is 2.04. The van der Waals surface area contributed by atoms with Crippen LogP contribution < -0.4 is 0 Å². The predicted octanol–water partition coefficient (Wildman–Crippen LogP) is 1.64. The van der Waals surface area contributed by atoms with E-state index in [-0.39, 0.29) is 5.92 Å². The fourth-order valence-electron chi connectivity index (χ4n) is 1.54. The third-order valence-corrected chi connectivity index (χ3v) is 2.56. The van der Waals surface area contributed by atoms with E-state index < -0.39 is 0 Å². The Morgan fingerprint density at radius 3 is 3.00 bits per heavy atom. The Hall–Kier alpha value is -0.370. The van der Waals surface area contributed by atoms with E-state index in [0.29, 0.717) is 18.3 Å². The Bertz CT molecular complexity index is 142. The fraction of sp³-hybridized carbons (Fsp3) is 0.889. The van der Waals surface area contributed by atoms with E-state index in [1.165, 1.54) is 0 Å². The molecule has 64 valence electrons. The lowest BCUT2D eigenvalue weighted by Gasteiger charge is -2.25. The van der Waals surface area contributed by atoms with Crippen molar-refractivity contribution in [1.29, 1.82) is 0 Å². The molecular weight excluding hydrogens is 140 g/mol. The Morgan fingerprint density at radius 2 is 2.45 bits per heavy atom. The molecule has 11 heavy (non-hydrogen) atoms. The maximum Gasteiger partial charge on any atom is 0.161 e. The highest BCUT2D eigenvalue weighted by atomic mass is 16.5. The van der Waals surface area contributed by atoms with Crippen molar-refractivity contribution in [3.8, 4) is 0 Å². The summed E-state index contributed by atoms with van der Waals surface area (Å²) in [5, 5.41) is 0. The molecule has 0 spiro atoms. The van der Waals surface area contributed by atoms with Crippen LogP contribution in [0.2, 0.25) is 0 Å². The highest BCUT2D eigenvalue weighted by Crippen LogP contribution is 2.22. The van der Waals surface area contributed by atoms with Crippen LogP contribution in [0, 0.1) is 11.8 Å². The van der Waals surface area contributed by atoms with Crippen LogP contribution in [0.25, 0.3) is 0 Å². The lowest BCUT2D eigenvalue weighted by Crippen LogP contribution is -2.31. The summed E-state index contributed by atoms with van der Waals surface area (Å²) in [7, 11) is 0. The molecule has 2 nitrogen and oxygen atoms in total. The summed E-state index contributed by atoms with van der Waals surface area (Å²) in [4.78, 5) is 11.3. The topological polar surface area (TPSA) is 26.3 Å². The number of ketones is 1. The number of carbonyl (C=O) groups is 1. The van der Waals surface area contributed by atoms with Crippen molar-refractivity contribution in [3.05, 3.63) is 0 Å². The molecule has 0 bridgehead atoms. The maximum atomic E-state index is 11.3. The van der Waals surface area contributed by atoms with E-state index in [1.807, 2.05) is 0 Å². The van der Waals surface area contributed by atoms with Crippen LogP contribution in [-0.2, 0) is 9.53 Å². The highest BCUT2D eigenvalue weighted by molar-refractivity contribution is 5.82. The van der Waals surface area contributed by atoms with Crippen molar-refractivity contribution < 1.29 is 9.53 Å². The lowest BCUT2D eigenvalue weighted by molar-refractivity contribution is -0.134. The molecule has 0 saturated carbocycles. The molecule has 0 N–H and O–H groups in total. The van der Waals surface area contributed by atoms with Gasteiger partial charge in [0.05, 0.1) is 0 Å². The van der Waals surface area contributed by atoms with Gasteiger partial charge in [-0.15, -0.1) is 0 Å². The molecule has 0 aromatic rings. The van der Waals surface area contributed by atoms with Gasteiger partial charge in [0.1, 0.15) is 6.61 Å². The number of hydrogen-bond donors (Lipinski definition) is 0. The smallest absolute Gasteiger partial charge is 0.161 e. The van der Waals surface area contributed by atoms with Crippen molar-refractivity contribution in [3.63, 3.8) is 0 Å². The Morgan fingerprint density at radius 1 is 1.73 bits per heavy atom. The predicted molar refractivity (Wildman–Crippen MR) is 43.4 cm³/mol. The van der Waals surface area contributed by atoms with Gasteiger partial charge in [-0.05, 0) is 12.3 Å². The molecule has 1 aliphatic rings. The molecular formula is C9H16O2. The Kier molecular flexibility index (Phi) is 3.06. The second kappa shape index (κ2) is 3.86.